The Morgan fingerprint density at radius 1 is 1.34 bits per heavy atom. The van der Waals surface area contributed by atoms with Gasteiger partial charge in [-0.25, -0.2) is 8.42 Å². The molecule has 0 spiro atoms. The summed E-state index contributed by atoms with van der Waals surface area (Å²) in [5.41, 5.74) is 0. The fraction of sp³-hybridized carbons (Fsp3) is 0.692. The van der Waals surface area contributed by atoms with E-state index in [1.165, 1.54) is 25.2 Å². The Labute approximate surface area is 189 Å². The number of likely N-dealkylation sites (N-methyl/N-ethyl adjacent to an activating group) is 1. The number of ketones is 1. The van der Waals surface area contributed by atoms with E-state index in [1.54, 1.807) is 0 Å². The molecule has 2 atom stereocenters. The van der Waals surface area contributed by atoms with Crippen LogP contribution in [-0.4, -0.2) is 93.0 Å². The Morgan fingerprint density at radius 2 is 2.03 bits per heavy atom. The van der Waals surface area contributed by atoms with Gasteiger partial charge in [0.2, 0.25) is 22.2 Å². The van der Waals surface area contributed by atoms with E-state index in [1.807, 2.05) is 0 Å². The third-order valence-corrected chi connectivity index (χ3v) is 4.57. The second-order valence-corrected chi connectivity index (χ2v) is 7.14. The van der Waals surface area contributed by atoms with Gasteiger partial charge in [0.25, 0.3) is 0 Å². The maximum Gasteiger partial charge on any atom is 1.00 e. The molecule has 1 aromatic rings. The fourth-order valence-electron chi connectivity index (χ4n) is 2.85. The van der Waals surface area contributed by atoms with E-state index >= 15 is 0 Å². The van der Waals surface area contributed by atoms with Crippen molar-refractivity contribution in [3.63, 3.8) is 0 Å². The summed E-state index contributed by atoms with van der Waals surface area (Å²) in [7, 11) is -3.68. The van der Waals surface area contributed by atoms with Crippen LogP contribution in [0.3, 0.4) is 0 Å². The average Bonchev–Trinajstić information content (AvgIpc) is 3.10. The fourth-order valence-corrected chi connectivity index (χ4v) is 3.26. The number of likely N-dealkylation sites (tertiary alicyclic amines) is 1. The number of nitrogens with zero attached hydrogens (tertiary/aromatic N) is 6. The van der Waals surface area contributed by atoms with Gasteiger partial charge in [0.1, 0.15) is 12.6 Å². The SMILES string of the molecule is CC(=O)N1C[C@H](N(C)OS(=O)(=O)[O-])CC[C@H]1C(=O)NCC(=O)Cn1ncnn1.[Na+]. The molecular formula is C13H20N7NaO7S. The van der Waals surface area contributed by atoms with Crippen molar-refractivity contribution in [3.8, 4) is 0 Å². The number of tetrazole rings is 1. The molecule has 156 valence electrons. The molecule has 0 radical (unpaired) electrons. The predicted octanol–water partition coefficient (Wildman–Crippen LogP) is -5.93. The summed E-state index contributed by atoms with van der Waals surface area (Å²) in [4.78, 5) is 38.5. The summed E-state index contributed by atoms with van der Waals surface area (Å²) in [6.07, 6.45) is 1.67. The molecule has 0 aliphatic carbocycles. The van der Waals surface area contributed by atoms with Crippen molar-refractivity contribution in [3.05, 3.63) is 6.33 Å². The zero-order valence-electron chi connectivity index (χ0n) is 16.2. The van der Waals surface area contributed by atoms with Crippen molar-refractivity contribution in [2.75, 3.05) is 20.1 Å². The van der Waals surface area contributed by atoms with Crippen LogP contribution >= 0.6 is 0 Å². The molecule has 14 nitrogen and oxygen atoms in total. The first-order valence-electron chi connectivity index (χ1n) is 8.22. The monoisotopic (exact) mass is 441 g/mol. The van der Waals surface area contributed by atoms with Crippen molar-refractivity contribution in [1.29, 1.82) is 0 Å². The zero-order chi connectivity index (χ0) is 20.9. The summed E-state index contributed by atoms with van der Waals surface area (Å²) < 4.78 is 36.5. The number of Topliss-reactive ketones (excluding diaryl/α,β-unsaturated/α-hetero) is 1. The molecule has 0 bridgehead atoms. The molecule has 16 heteroatoms. The van der Waals surface area contributed by atoms with Crippen LogP contribution in [0.5, 0.6) is 0 Å². The first kappa shape index (κ1) is 25.5. The smallest absolute Gasteiger partial charge is 0.724 e. The second kappa shape index (κ2) is 11.1. The molecule has 0 aromatic carbocycles. The summed E-state index contributed by atoms with van der Waals surface area (Å²) in [5.74, 6) is -1.29. The van der Waals surface area contributed by atoms with E-state index < -0.39 is 34.3 Å². The summed E-state index contributed by atoms with van der Waals surface area (Å²) in [5, 5.41) is 14.0. The number of nitrogens with one attached hydrogen (secondary N) is 1. The van der Waals surface area contributed by atoms with Crippen LogP contribution < -0.4 is 34.9 Å². The van der Waals surface area contributed by atoms with Crippen LogP contribution in [0.15, 0.2) is 6.33 Å². The van der Waals surface area contributed by atoms with E-state index in [-0.39, 0.29) is 61.4 Å². The van der Waals surface area contributed by atoms with Crippen LogP contribution in [0.4, 0.5) is 0 Å². The van der Waals surface area contributed by atoms with Crippen molar-refractivity contribution in [1.82, 2.24) is 35.5 Å². The van der Waals surface area contributed by atoms with Gasteiger partial charge >= 0.3 is 29.6 Å². The number of rotatable bonds is 8. The van der Waals surface area contributed by atoms with Gasteiger partial charge in [0, 0.05) is 20.5 Å². The Hall–Kier alpha value is -1.49. The Morgan fingerprint density at radius 3 is 2.59 bits per heavy atom. The van der Waals surface area contributed by atoms with Crippen LogP contribution in [0.25, 0.3) is 0 Å². The van der Waals surface area contributed by atoms with E-state index in [0.29, 0.717) is 6.42 Å². The molecule has 1 N–H and O–H groups in total. The number of amides is 2. The van der Waals surface area contributed by atoms with Gasteiger partial charge in [0.05, 0.1) is 12.6 Å². The molecular weight excluding hydrogens is 421 g/mol. The van der Waals surface area contributed by atoms with Crippen LogP contribution in [0.2, 0.25) is 0 Å². The number of carbonyl (C=O) groups is 3. The molecule has 29 heavy (non-hydrogen) atoms. The van der Waals surface area contributed by atoms with Crippen LogP contribution in [-0.2, 0) is 35.6 Å². The first-order valence-corrected chi connectivity index (χ1v) is 9.56. The van der Waals surface area contributed by atoms with Gasteiger partial charge in [-0.2, -0.15) is 14.1 Å². The third kappa shape index (κ3) is 8.04. The molecule has 2 heterocycles. The summed E-state index contributed by atoms with van der Waals surface area (Å²) in [6, 6.07) is -1.42. The average molecular weight is 441 g/mol. The number of hydrogen-bond acceptors (Lipinski definition) is 11. The largest absolute Gasteiger partial charge is 1.00 e. The van der Waals surface area contributed by atoms with Gasteiger partial charge in [-0.3, -0.25) is 14.4 Å². The van der Waals surface area contributed by atoms with Crippen molar-refractivity contribution >= 4 is 28.0 Å². The van der Waals surface area contributed by atoms with Gasteiger partial charge < -0.3 is 14.8 Å². The number of piperidine rings is 1. The van der Waals surface area contributed by atoms with Crippen molar-refractivity contribution in [2.45, 2.75) is 38.4 Å². The van der Waals surface area contributed by atoms with E-state index in [4.69, 9.17) is 0 Å². The molecule has 0 saturated carbocycles. The molecule has 1 saturated heterocycles. The molecule has 1 aliphatic rings. The van der Waals surface area contributed by atoms with Crippen molar-refractivity contribution in [2.24, 2.45) is 0 Å². The number of aromatic nitrogens is 4. The normalized spacial score (nSPS) is 19.5. The Balaban J connectivity index is 0.00000420. The van der Waals surface area contributed by atoms with Gasteiger partial charge in [0.15, 0.2) is 12.1 Å². The molecule has 1 aromatic heterocycles. The molecule has 0 unspecified atom stereocenters. The number of hydrogen-bond donors (Lipinski definition) is 1. The zero-order valence-corrected chi connectivity index (χ0v) is 19.0. The molecule has 2 amide bonds. The van der Waals surface area contributed by atoms with Gasteiger partial charge in [-0.05, 0) is 18.1 Å². The first-order chi connectivity index (χ1) is 13.1. The van der Waals surface area contributed by atoms with Gasteiger partial charge in [-0.15, -0.1) is 10.2 Å². The third-order valence-electron chi connectivity index (χ3n) is 4.16. The molecule has 2 rings (SSSR count). The minimum Gasteiger partial charge on any atom is -0.724 e. The van der Waals surface area contributed by atoms with Crippen LogP contribution in [0.1, 0.15) is 19.8 Å². The second-order valence-electron chi connectivity index (χ2n) is 6.17. The maximum atomic E-state index is 12.4. The molecule has 1 aliphatic heterocycles. The number of hydroxylamine groups is 2. The van der Waals surface area contributed by atoms with Gasteiger partial charge in [-0.1, -0.05) is 0 Å². The molecule has 1 fully saturated rings. The van der Waals surface area contributed by atoms with Crippen molar-refractivity contribution < 1.29 is 61.2 Å². The minimum absolute atomic E-state index is 0. The Kier molecular flexibility index (Phi) is 9.74. The maximum absolute atomic E-state index is 12.4. The quantitative estimate of drug-likeness (QED) is 0.176. The van der Waals surface area contributed by atoms with E-state index in [0.717, 1.165) is 9.86 Å². The number of carbonyl (C=O) groups excluding carboxylic acids is 3. The standard InChI is InChI=1S/C13H21N7O7S.Na/c1-9(21)19-6-10(18(2)27-28(24,25)26)3-4-12(19)13(23)14-5-11(22)7-20-16-8-15-17-20;/h8,10,12H,3-7H2,1-2H3,(H,14,23)(H,24,25,26);/q;+1/p-1/t10-,12+;/m1./s1. The topological polar surface area (TPSA) is 180 Å². The Bertz CT molecular complexity index is 819. The van der Waals surface area contributed by atoms with E-state index in [9.17, 15) is 27.4 Å². The predicted molar refractivity (Wildman–Crippen MR) is 88.6 cm³/mol. The summed E-state index contributed by atoms with van der Waals surface area (Å²) in [6.45, 7) is 0.810. The van der Waals surface area contributed by atoms with Crippen LogP contribution in [0, 0.1) is 0 Å². The summed E-state index contributed by atoms with van der Waals surface area (Å²) >= 11 is 0. The minimum atomic E-state index is -4.94. The van der Waals surface area contributed by atoms with E-state index in [2.05, 4.69) is 25.0 Å².